The maximum Gasteiger partial charge on any atom is 0.344 e. The molecule has 3 rings (SSSR count). The summed E-state index contributed by atoms with van der Waals surface area (Å²) in [5.74, 6) is -0.341. The summed E-state index contributed by atoms with van der Waals surface area (Å²) < 4.78 is 10.4. The lowest BCUT2D eigenvalue weighted by Crippen LogP contribution is -2.38. The lowest BCUT2D eigenvalue weighted by Gasteiger charge is -2.26. The molecule has 30 heavy (non-hydrogen) atoms. The van der Waals surface area contributed by atoms with Gasteiger partial charge in [-0.3, -0.25) is 9.59 Å². The molecule has 0 bridgehead atoms. The van der Waals surface area contributed by atoms with Gasteiger partial charge in [0.05, 0.1) is 0 Å². The average Bonchev–Trinajstić information content (AvgIpc) is 2.81. The van der Waals surface area contributed by atoms with Crippen molar-refractivity contribution in [1.82, 2.24) is 4.90 Å². The second kappa shape index (κ2) is 10.4. The molecule has 2 aromatic rings. The number of carbonyl (C=O) groups is 3. The second-order valence-corrected chi connectivity index (χ2v) is 6.94. The third kappa shape index (κ3) is 5.80. The lowest BCUT2D eigenvalue weighted by molar-refractivity contribution is -0.153. The van der Waals surface area contributed by atoms with E-state index in [-0.39, 0.29) is 24.9 Å². The van der Waals surface area contributed by atoms with E-state index in [1.807, 2.05) is 24.3 Å². The number of esters is 1. The Morgan fingerprint density at radius 3 is 2.33 bits per heavy atom. The van der Waals surface area contributed by atoms with Crippen LogP contribution >= 0.6 is 0 Å². The number of rotatable bonds is 8. The Morgan fingerprint density at radius 2 is 1.70 bits per heavy atom. The van der Waals surface area contributed by atoms with Gasteiger partial charge in [0.1, 0.15) is 5.75 Å². The number of Topliss-reactive ketones (excluding diaryl/α,β-unsaturated/α-hetero) is 1. The number of ketones is 1. The van der Waals surface area contributed by atoms with Gasteiger partial charge in [-0.15, -0.1) is 0 Å². The Hall–Kier alpha value is -3.41. The summed E-state index contributed by atoms with van der Waals surface area (Å²) >= 11 is 0. The molecular formula is C24H25NO5. The summed E-state index contributed by atoms with van der Waals surface area (Å²) in [6, 6.07) is 16.6. The van der Waals surface area contributed by atoms with Crippen LogP contribution in [-0.4, -0.2) is 48.9 Å². The quantitative estimate of drug-likeness (QED) is 0.495. The van der Waals surface area contributed by atoms with Gasteiger partial charge in [0, 0.05) is 25.1 Å². The van der Waals surface area contributed by atoms with Crippen LogP contribution in [0.3, 0.4) is 0 Å². The van der Waals surface area contributed by atoms with E-state index < -0.39 is 5.97 Å². The molecule has 1 heterocycles. The van der Waals surface area contributed by atoms with Crippen molar-refractivity contribution in [3.8, 4) is 5.75 Å². The normalized spacial score (nSPS) is 13.4. The average molecular weight is 407 g/mol. The van der Waals surface area contributed by atoms with Crippen molar-refractivity contribution >= 4 is 23.2 Å². The molecule has 0 saturated heterocycles. The zero-order valence-corrected chi connectivity index (χ0v) is 17.0. The zero-order chi connectivity index (χ0) is 21.3. The number of nitrogens with zero attached hydrogens (tertiary/aromatic N) is 1. The molecular weight excluding hydrogens is 382 g/mol. The predicted octanol–water partition coefficient (Wildman–Crippen LogP) is 3.52. The van der Waals surface area contributed by atoms with E-state index in [9.17, 15) is 14.4 Å². The summed E-state index contributed by atoms with van der Waals surface area (Å²) in [7, 11) is 0. The minimum atomic E-state index is -0.616. The highest BCUT2D eigenvalue weighted by molar-refractivity contribution is 5.95. The molecule has 1 aliphatic heterocycles. The minimum Gasteiger partial charge on any atom is -0.482 e. The van der Waals surface area contributed by atoms with E-state index in [4.69, 9.17) is 9.47 Å². The molecule has 0 radical (unpaired) electrons. The molecule has 0 saturated carbocycles. The van der Waals surface area contributed by atoms with Crippen molar-refractivity contribution in [2.24, 2.45) is 0 Å². The number of hydrogen-bond acceptors (Lipinski definition) is 5. The maximum atomic E-state index is 12.3. The van der Waals surface area contributed by atoms with Crippen molar-refractivity contribution in [3.05, 3.63) is 71.8 Å². The number of hydrogen-bond donors (Lipinski definition) is 0. The summed E-state index contributed by atoms with van der Waals surface area (Å²) in [4.78, 5) is 37.5. The molecule has 0 fully saturated rings. The van der Waals surface area contributed by atoms with Crippen LogP contribution in [0.15, 0.2) is 60.7 Å². The van der Waals surface area contributed by atoms with Gasteiger partial charge >= 0.3 is 5.97 Å². The van der Waals surface area contributed by atoms with Crippen molar-refractivity contribution in [1.29, 1.82) is 0 Å². The van der Waals surface area contributed by atoms with Crippen molar-refractivity contribution in [2.45, 2.75) is 19.8 Å². The van der Waals surface area contributed by atoms with Gasteiger partial charge in [-0.2, -0.15) is 0 Å². The first-order chi connectivity index (χ1) is 14.6. The van der Waals surface area contributed by atoms with E-state index in [0.29, 0.717) is 30.8 Å². The number of benzene rings is 2. The fraction of sp³-hybridized carbons (Fsp3) is 0.292. The maximum absolute atomic E-state index is 12.3. The van der Waals surface area contributed by atoms with Crippen LogP contribution in [0.2, 0.25) is 0 Å². The molecule has 1 amide bonds. The van der Waals surface area contributed by atoms with Crippen molar-refractivity contribution in [2.75, 3.05) is 26.3 Å². The van der Waals surface area contributed by atoms with Crippen LogP contribution in [0.4, 0.5) is 0 Å². The Labute approximate surface area is 176 Å². The van der Waals surface area contributed by atoms with Gasteiger partial charge < -0.3 is 14.4 Å². The molecule has 0 aliphatic carbocycles. The molecule has 0 unspecified atom stereocenters. The van der Waals surface area contributed by atoms with E-state index in [1.54, 1.807) is 36.1 Å². The predicted molar refractivity (Wildman–Crippen MR) is 113 cm³/mol. The van der Waals surface area contributed by atoms with Gasteiger partial charge in [0.2, 0.25) is 0 Å². The van der Waals surface area contributed by atoms with Gasteiger partial charge in [0.25, 0.3) is 5.91 Å². The first-order valence-electron chi connectivity index (χ1n) is 10.0. The number of ether oxygens (including phenoxy) is 2. The van der Waals surface area contributed by atoms with Crippen LogP contribution in [-0.2, 0) is 14.3 Å². The standard InChI is InChI=1S/C24H25NO5/c1-2-22(26)20-8-10-21(11-9-20)29-17-24(28)30-16-23(27)25-14-12-19(13-15-25)18-6-4-3-5-7-18/h3-12H,2,13-17H2,1H3. The van der Waals surface area contributed by atoms with Crippen LogP contribution in [0.5, 0.6) is 5.75 Å². The van der Waals surface area contributed by atoms with Crippen molar-refractivity contribution < 1.29 is 23.9 Å². The summed E-state index contributed by atoms with van der Waals surface area (Å²) in [5.41, 5.74) is 2.99. The van der Waals surface area contributed by atoms with Crippen LogP contribution < -0.4 is 4.74 Å². The number of carbonyl (C=O) groups excluding carboxylic acids is 3. The fourth-order valence-corrected chi connectivity index (χ4v) is 3.17. The van der Waals surface area contributed by atoms with E-state index in [0.717, 1.165) is 6.42 Å². The molecule has 0 aromatic heterocycles. The molecule has 6 nitrogen and oxygen atoms in total. The Balaban J connectivity index is 1.40. The van der Waals surface area contributed by atoms with Crippen LogP contribution in [0.25, 0.3) is 5.57 Å². The largest absolute Gasteiger partial charge is 0.482 e. The molecule has 2 aromatic carbocycles. The fourth-order valence-electron chi connectivity index (χ4n) is 3.17. The Morgan fingerprint density at radius 1 is 0.967 bits per heavy atom. The SMILES string of the molecule is CCC(=O)c1ccc(OCC(=O)OCC(=O)N2CC=C(c3ccccc3)CC2)cc1. The third-order valence-corrected chi connectivity index (χ3v) is 4.92. The second-order valence-electron chi connectivity index (χ2n) is 6.94. The molecule has 0 spiro atoms. The zero-order valence-electron chi connectivity index (χ0n) is 17.0. The van der Waals surface area contributed by atoms with E-state index in [1.165, 1.54) is 11.1 Å². The highest BCUT2D eigenvalue weighted by Crippen LogP contribution is 2.22. The topological polar surface area (TPSA) is 72.9 Å². The smallest absolute Gasteiger partial charge is 0.344 e. The summed E-state index contributed by atoms with van der Waals surface area (Å²) in [6.45, 7) is 2.29. The number of amides is 1. The molecule has 6 heteroatoms. The van der Waals surface area contributed by atoms with Gasteiger partial charge in [-0.05, 0) is 41.8 Å². The molecule has 0 N–H and O–H groups in total. The highest BCUT2D eigenvalue weighted by atomic mass is 16.6. The van der Waals surface area contributed by atoms with E-state index >= 15 is 0 Å². The summed E-state index contributed by atoms with van der Waals surface area (Å²) in [6.07, 6.45) is 3.24. The van der Waals surface area contributed by atoms with Gasteiger partial charge in [0.15, 0.2) is 19.0 Å². The third-order valence-electron chi connectivity index (χ3n) is 4.92. The van der Waals surface area contributed by atoms with Crippen LogP contribution in [0, 0.1) is 0 Å². The highest BCUT2D eigenvalue weighted by Gasteiger charge is 2.19. The molecule has 0 atom stereocenters. The Bertz CT molecular complexity index is 918. The van der Waals surface area contributed by atoms with Gasteiger partial charge in [-0.25, -0.2) is 4.79 Å². The first-order valence-corrected chi connectivity index (χ1v) is 10.0. The molecule has 156 valence electrons. The van der Waals surface area contributed by atoms with E-state index in [2.05, 4.69) is 12.1 Å². The van der Waals surface area contributed by atoms with Crippen LogP contribution in [0.1, 0.15) is 35.7 Å². The minimum absolute atomic E-state index is 0.0444. The Kier molecular flexibility index (Phi) is 7.38. The molecule has 1 aliphatic rings. The lowest BCUT2D eigenvalue weighted by atomic mass is 10.00. The summed E-state index contributed by atoms with van der Waals surface area (Å²) in [5, 5.41) is 0. The first kappa shape index (κ1) is 21.3. The van der Waals surface area contributed by atoms with Gasteiger partial charge in [-0.1, -0.05) is 43.3 Å². The monoisotopic (exact) mass is 407 g/mol. The van der Waals surface area contributed by atoms with Crippen molar-refractivity contribution in [3.63, 3.8) is 0 Å².